The van der Waals surface area contributed by atoms with Crippen molar-refractivity contribution in [1.29, 1.82) is 0 Å². The van der Waals surface area contributed by atoms with Crippen LogP contribution in [0.15, 0.2) is 24.3 Å². The van der Waals surface area contributed by atoms with Crippen LogP contribution in [-0.2, 0) is 0 Å². The number of hydrogen-bond acceptors (Lipinski definition) is 3. The van der Waals surface area contributed by atoms with Crippen LogP contribution in [0.25, 0.3) is 0 Å². The molecular weight excluding hydrogens is 224 g/mol. The van der Waals surface area contributed by atoms with E-state index in [1.165, 1.54) is 24.9 Å². The van der Waals surface area contributed by atoms with E-state index in [0.717, 1.165) is 31.9 Å². The molecule has 1 atom stereocenters. The van der Waals surface area contributed by atoms with Crippen molar-refractivity contribution in [2.45, 2.75) is 38.6 Å². The first kappa shape index (κ1) is 13.2. The second-order valence-corrected chi connectivity index (χ2v) is 4.90. The van der Waals surface area contributed by atoms with Crippen molar-refractivity contribution in [3.8, 4) is 5.75 Å². The predicted molar refractivity (Wildman–Crippen MR) is 76.4 cm³/mol. The Kier molecular flexibility index (Phi) is 5.34. The largest absolute Gasteiger partial charge is 0.494 e. The van der Waals surface area contributed by atoms with Gasteiger partial charge in [0.1, 0.15) is 5.75 Å². The first-order valence-corrected chi connectivity index (χ1v) is 7.08. The Labute approximate surface area is 110 Å². The lowest BCUT2D eigenvalue weighted by atomic mass is 10.1. The highest BCUT2D eigenvalue weighted by molar-refractivity contribution is 5.47. The third kappa shape index (κ3) is 4.22. The van der Waals surface area contributed by atoms with E-state index in [9.17, 15) is 0 Å². The van der Waals surface area contributed by atoms with E-state index in [-0.39, 0.29) is 0 Å². The minimum atomic E-state index is 0.599. The Balaban J connectivity index is 1.84. The van der Waals surface area contributed by atoms with E-state index in [0.29, 0.717) is 6.04 Å². The van der Waals surface area contributed by atoms with E-state index in [1.54, 1.807) is 0 Å². The summed E-state index contributed by atoms with van der Waals surface area (Å²) in [6.45, 7) is 5.19. The molecule has 0 spiro atoms. The van der Waals surface area contributed by atoms with E-state index in [4.69, 9.17) is 4.74 Å². The Morgan fingerprint density at radius 1 is 1.22 bits per heavy atom. The quantitative estimate of drug-likeness (QED) is 0.840. The summed E-state index contributed by atoms with van der Waals surface area (Å²) in [4.78, 5) is 0. The minimum Gasteiger partial charge on any atom is -0.494 e. The number of nitrogens with one attached hydrogen (secondary N) is 2. The molecule has 0 aromatic heterocycles. The molecule has 3 nitrogen and oxygen atoms in total. The van der Waals surface area contributed by atoms with Crippen LogP contribution >= 0.6 is 0 Å². The van der Waals surface area contributed by atoms with Gasteiger partial charge in [-0.3, -0.25) is 0 Å². The lowest BCUT2D eigenvalue weighted by Gasteiger charge is -2.17. The maximum Gasteiger partial charge on any atom is 0.119 e. The lowest BCUT2D eigenvalue weighted by molar-refractivity contribution is 0.317. The van der Waals surface area contributed by atoms with Crippen molar-refractivity contribution in [3.63, 3.8) is 0 Å². The molecule has 2 rings (SSSR count). The second kappa shape index (κ2) is 7.27. The zero-order valence-electron chi connectivity index (χ0n) is 11.2. The molecule has 0 amide bonds. The maximum atomic E-state index is 5.58. The fourth-order valence-corrected chi connectivity index (χ4v) is 2.27. The van der Waals surface area contributed by atoms with Crippen molar-refractivity contribution in [2.75, 3.05) is 25.0 Å². The third-order valence-corrected chi connectivity index (χ3v) is 3.27. The van der Waals surface area contributed by atoms with Crippen molar-refractivity contribution in [2.24, 2.45) is 0 Å². The van der Waals surface area contributed by atoms with E-state index < -0.39 is 0 Å². The summed E-state index contributed by atoms with van der Waals surface area (Å²) in [5.41, 5.74) is 1.20. The van der Waals surface area contributed by atoms with Gasteiger partial charge in [-0.2, -0.15) is 0 Å². The lowest BCUT2D eigenvalue weighted by Crippen LogP contribution is -2.21. The van der Waals surface area contributed by atoms with E-state index in [1.807, 2.05) is 12.1 Å². The van der Waals surface area contributed by atoms with E-state index >= 15 is 0 Å². The topological polar surface area (TPSA) is 33.3 Å². The van der Waals surface area contributed by atoms with Gasteiger partial charge >= 0.3 is 0 Å². The van der Waals surface area contributed by atoms with Crippen LogP contribution in [0.1, 0.15) is 32.6 Å². The number of hydrogen-bond donors (Lipinski definition) is 2. The average molecular weight is 248 g/mol. The summed E-state index contributed by atoms with van der Waals surface area (Å²) in [6, 6.07) is 8.93. The summed E-state index contributed by atoms with van der Waals surface area (Å²) in [5, 5.41) is 7.04. The van der Waals surface area contributed by atoms with Crippen LogP contribution in [0.2, 0.25) is 0 Å². The number of benzene rings is 1. The average Bonchev–Trinajstić information content (AvgIpc) is 2.67. The van der Waals surface area contributed by atoms with Crippen LogP contribution < -0.4 is 15.4 Å². The van der Waals surface area contributed by atoms with Gasteiger partial charge in [-0.25, -0.2) is 0 Å². The molecule has 100 valence electrons. The molecule has 1 saturated heterocycles. The molecular formula is C15H24N2O. The van der Waals surface area contributed by atoms with Gasteiger partial charge in [0.15, 0.2) is 0 Å². The second-order valence-electron chi connectivity index (χ2n) is 4.90. The molecule has 1 unspecified atom stereocenters. The smallest absolute Gasteiger partial charge is 0.119 e. The van der Waals surface area contributed by atoms with Crippen molar-refractivity contribution >= 4 is 5.69 Å². The van der Waals surface area contributed by atoms with Gasteiger partial charge in [-0.15, -0.1) is 0 Å². The van der Waals surface area contributed by atoms with Gasteiger partial charge < -0.3 is 15.4 Å². The molecule has 2 N–H and O–H groups in total. The number of ether oxygens (including phenoxy) is 1. The van der Waals surface area contributed by atoms with Crippen LogP contribution in [0.4, 0.5) is 5.69 Å². The Morgan fingerprint density at radius 3 is 2.83 bits per heavy atom. The third-order valence-electron chi connectivity index (χ3n) is 3.27. The zero-order chi connectivity index (χ0) is 12.6. The molecule has 0 saturated carbocycles. The van der Waals surface area contributed by atoms with Crippen molar-refractivity contribution in [1.82, 2.24) is 5.32 Å². The molecule has 0 bridgehead atoms. The summed E-state index contributed by atoms with van der Waals surface area (Å²) in [5.74, 6) is 0.963. The SMILES string of the molecule is CCCOc1ccc(NC2CCCNCC2)cc1. The van der Waals surface area contributed by atoms with Crippen LogP contribution in [-0.4, -0.2) is 25.7 Å². The normalized spacial score (nSPS) is 20.2. The molecule has 1 aliphatic heterocycles. The molecule has 1 aliphatic rings. The number of rotatable bonds is 5. The van der Waals surface area contributed by atoms with Crippen LogP contribution in [0, 0.1) is 0 Å². The van der Waals surface area contributed by atoms with Gasteiger partial charge in [0.2, 0.25) is 0 Å². The van der Waals surface area contributed by atoms with Gasteiger partial charge in [0.05, 0.1) is 6.61 Å². The van der Waals surface area contributed by atoms with Crippen molar-refractivity contribution in [3.05, 3.63) is 24.3 Å². The molecule has 1 aromatic carbocycles. The number of anilines is 1. The standard InChI is InChI=1S/C15H24N2O/c1-2-12-18-15-7-5-14(6-8-15)17-13-4-3-10-16-11-9-13/h5-8,13,16-17H,2-4,9-12H2,1H3. The molecule has 1 fully saturated rings. The predicted octanol–water partition coefficient (Wildman–Crippen LogP) is 3.03. The highest BCUT2D eigenvalue weighted by Gasteiger charge is 2.11. The molecule has 0 aliphatic carbocycles. The fraction of sp³-hybridized carbons (Fsp3) is 0.600. The molecule has 0 radical (unpaired) electrons. The molecule has 1 heterocycles. The summed E-state index contributed by atoms with van der Waals surface area (Å²) in [7, 11) is 0. The summed E-state index contributed by atoms with van der Waals surface area (Å²) in [6.07, 6.45) is 4.76. The molecule has 1 aromatic rings. The summed E-state index contributed by atoms with van der Waals surface area (Å²) >= 11 is 0. The highest BCUT2D eigenvalue weighted by atomic mass is 16.5. The zero-order valence-corrected chi connectivity index (χ0v) is 11.2. The Hall–Kier alpha value is -1.22. The summed E-state index contributed by atoms with van der Waals surface area (Å²) < 4.78 is 5.58. The van der Waals surface area contributed by atoms with Gasteiger partial charge in [-0.1, -0.05) is 6.92 Å². The van der Waals surface area contributed by atoms with Gasteiger partial charge in [0.25, 0.3) is 0 Å². The molecule has 3 heteroatoms. The van der Waals surface area contributed by atoms with Crippen LogP contribution in [0.5, 0.6) is 5.75 Å². The molecule has 18 heavy (non-hydrogen) atoms. The maximum absolute atomic E-state index is 5.58. The fourth-order valence-electron chi connectivity index (χ4n) is 2.27. The Morgan fingerprint density at radius 2 is 2.06 bits per heavy atom. The van der Waals surface area contributed by atoms with Crippen molar-refractivity contribution < 1.29 is 4.74 Å². The Bertz CT molecular complexity index is 329. The monoisotopic (exact) mass is 248 g/mol. The first-order chi connectivity index (χ1) is 8.88. The highest BCUT2D eigenvalue weighted by Crippen LogP contribution is 2.18. The van der Waals surface area contributed by atoms with Gasteiger partial charge in [0, 0.05) is 11.7 Å². The van der Waals surface area contributed by atoms with Gasteiger partial charge in [-0.05, 0) is 63.0 Å². The minimum absolute atomic E-state index is 0.599. The first-order valence-electron chi connectivity index (χ1n) is 7.08. The van der Waals surface area contributed by atoms with E-state index in [2.05, 4.69) is 29.7 Å². The van der Waals surface area contributed by atoms with Crippen LogP contribution in [0.3, 0.4) is 0 Å².